The second-order valence-corrected chi connectivity index (χ2v) is 6.37. The van der Waals surface area contributed by atoms with Crippen LogP contribution >= 0.6 is 0 Å². The van der Waals surface area contributed by atoms with Crippen LogP contribution in [-0.2, 0) is 12.8 Å². The molecule has 2 heterocycles. The molecule has 0 aromatic carbocycles. The Balaban J connectivity index is 1.97. The second-order valence-electron chi connectivity index (χ2n) is 6.37. The first kappa shape index (κ1) is 18.1. The largest absolute Gasteiger partial charge is 0.367 e. The Morgan fingerprint density at radius 1 is 1.46 bits per heavy atom. The van der Waals surface area contributed by atoms with Crippen molar-refractivity contribution in [1.29, 1.82) is 0 Å². The average molecular weight is 353 g/mol. The van der Waals surface area contributed by atoms with Crippen LogP contribution in [0.5, 0.6) is 0 Å². The summed E-state index contributed by atoms with van der Waals surface area (Å²) in [5.41, 5.74) is 9.15. The zero-order valence-corrected chi connectivity index (χ0v) is 15.1. The zero-order valence-electron chi connectivity index (χ0n) is 15.1. The maximum Gasteiger partial charge on any atom is 0.269 e. The molecule has 0 spiro atoms. The maximum absolute atomic E-state index is 11.7. The first-order chi connectivity index (χ1) is 12.5. The Kier molecular flexibility index (Phi) is 5.35. The molecule has 2 aromatic heterocycles. The van der Waals surface area contributed by atoms with E-state index in [0.29, 0.717) is 17.9 Å². The fraction of sp³-hybridized carbons (Fsp3) is 0.421. The van der Waals surface area contributed by atoms with E-state index in [-0.39, 0.29) is 0 Å². The van der Waals surface area contributed by atoms with Gasteiger partial charge in [0.15, 0.2) is 11.9 Å². The van der Waals surface area contributed by atoms with Gasteiger partial charge >= 0.3 is 0 Å². The van der Waals surface area contributed by atoms with Gasteiger partial charge in [0.2, 0.25) is 0 Å². The minimum atomic E-state index is -0.843. The molecule has 2 aromatic rings. The lowest BCUT2D eigenvalue weighted by Gasteiger charge is -2.15. The van der Waals surface area contributed by atoms with Gasteiger partial charge in [0.1, 0.15) is 5.69 Å². The molecule has 1 atom stereocenters. The zero-order chi connectivity index (χ0) is 18.7. The molecular weight excluding hydrogens is 330 g/mol. The third kappa shape index (κ3) is 3.62. The molecule has 1 amide bonds. The molecule has 1 aliphatic rings. The monoisotopic (exact) mass is 353 g/mol. The van der Waals surface area contributed by atoms with Crippen molar-refractivity contribution in [2.24, 2.45) is 5.73 Å². The van der Waals surface area contributed by atoms with E-state index < -0.39 is 12.1 Å². The number of primary amides is 1. The van der Waals surface area contributed by atoms with E-state index in [1.165, 1.54) is 0 Å². The molecule has 1 aliphatic carbocycles. The first-order valence-corrected chi connectivity index (χ1v) is 8.78. The van der Waals surface area contributed by atoms with Gasteiger partial charge in [0.25, 0.3) is 5.91 Å². The number of aromatic nitrogens is 3. The molecule has 0 radical (unpaired) electrons. The summed E-state index contributed by atoms with van der Waals surface area (Å²) in [6.45, 7) is 2.64. The summed E-state index contributed by atoms with van der Waals surface area (Å²) in [6, 6.07) is 3.63. The van der Waals surface area contributed by atoms with Crippen LogP contribution in [0, 0.1) is 11.8 Å². The number of pyridine rings is 1. The number of aliphatic hydroxyl groups is 1. The highest BCUT2D eigenvalue weighted by Gasteiger charge is 2.24. The van der Waals surface area contributed by atoms with E-state index in [9.17, 15) is 9.90 Å². The fourth-order valence-electron chi connectivity index (χ4n) is 3.05. The number of rotatable bonds is 4. The minimum Gasteiger partial charge on any atom is -0.367 e. The van der Waals surface area contributed by atoms with Crippen LogP contribution < -0.4 is 5.73 Å². The Hall–Kier alpha value is -2.69. The van der Waals surface area contributed by atoms with Crippen LogP contribution in [0.3, 0.4) is 0 Å². The van der Waals surface area contributed by atoms with Gasteiger partial charge in [0.05, 0.1) is 5.69 Å². The lowest BCUT2D eigenvalue weighted by molar-refractivity contribution is 0.0754. The Bertz CT molecular complexity index is 878. The summed E-state index contributed by atoms with van der Waals surface area (Å²) in [7, 11) is 1.80. The third-order valence-corrected chi connectivity index (χ3v) is 4.65. The Morgan fingerprint density at radius 2 is 2.23 bits per heavy atom. The average Bonchev–Trinajstić information content (AvgIpc) is 3.05. The van der Waals surface area contributed by atoms with Crippen molar-refractivity contribution in [3.05, 3.63) is 41.0 Å². The number of nitrogens with zero attached hydrogens (tertiary/aromatic N) is 4. The molecule has 7 heteroatoms. The van der Waals surface area contributed by atoms with Crippen LogP contribution in [-0.4, -0.2) is 50.5 Å². The summed E-state index contributed by atoms with van der Waals surface area (Å²) in [6.07, 6.45) is 4.58. The normalized spacial score (nSPS) is 14.5. The number of carbonyl (C=O) groups excluding carboxylic acids is 1. The van der Waals surface area contributed by atoms with Gasteiger partial charge in [-0.25, -0.2) is 9.67 Å². The molecule has 7 nitrogen and oxygen atoms in total. The number of nitrogens with two attached hydrogens (primary N) is 1. The van der Waals surface area contributed by atoms with E-state index in [1.807, 2.05) is 13.0 Å². The number of hydrogen-bond acceptors (Lipinski definition) is 5. The van der Waals surface area contributed by atoms with Crippen molar-refractivity contribution in [3.63, 3.8) is 0 Å². The maximum atomic E-state index is 11.7. The second kappa shape index (κ2) is 7.68. The number of aliphatic hydroxyl groups excluding tert-OH is 1. The number of carbonyl (C=O) groups is 1. The summed E-state index contributed by atoms with van der Waals surface area (Å²) in [4.78, 5) is 17.7. The van der Waals surface area contributed by atoms with Gasteiger partial charge in [-0.3, -0.25) is 9.69 Å². The molecule has 3 rings (SSSR count). The smallest absolute Gasteiger partial charge is 0.269 e. The van der Waals surface area contributed by atoms with Gasteiger partial charge in [-0.1, -0.05) is 6.92 Å². The quantitative estimate of drug-likeness (QED) is 0.628. The van der Waals surface area contributed by atoms with Crippen LogP contribution in [0.2, 0.25) is 0 Å². The van der Waals surface area contributed by atoms with E-state index in [2.05, 4.69) is 21.9 Å². The summed E-state index contributed by atoms with van der Waals surface area (Å²) in [5.74, 6) is 5.17. The number of fused-ring (bicyclic) bond motifs is 1. The lowest BCUT2D eigenvalue weighted by atomic mass is 9.95. The van der Waals surface area contributed by atoms with Crippen molar-refractivity contribution >= 4 is 5.91 Å². The molecule has 0 fully saturated rings. The molecule has 136 valence electrons. The highest BCUT2D eigenvalue weighted by atomic mass is 16.3. The predicted octanol–water partition coefficient (Wildman–Crippen LogP) is 0.867. The van der Waals surface area contributed by atoms with Crippen molar-refractivity contribution in [2.45, 2.75) is 38.8 Å². The lowest BCUT2D eigenvalue weighted by Crippen LogP contribution is -2.29. The summed E-state index contributed by atoms with van der Waals surface area (Å²) in [5, 5.41) is 14.4. The highest BCUT2D eigenvalue weighted by molar-refractivity contribution is 5.92. The molecule has 0 saturated heterocycles. The van der Waals surface area contributed by atoms with E-state index in [0.717, 1.165) is 42.6 Å². The molecule has 1 unspecified atom stereocenters. The van der Waals surface area contributed by atoms with Gasteiger partial charge in [0, 0.05) is 17.5 Å². The van der Waals surface area contributed by atoms with Crippen molar-refractivity contribution < 1.29 is 9.90 Å². The van der Waals surface area contributed by atoms with Crippen LogP contribution in [0.4, 0.5) is 0 Å². The van der Waals surface area contributed by atoms with Crippen molar-refractivity contribution in [2.75, 3.05) is 13.6 Å². The van der Waals surface area contributed by atoms with Crippen molar-refractivity contribution in [1.82, 2.24) is 19.7 Å². The molecule has 0 aliphatic heterocycles. The Morgan fingerprint density at radius 3 is 2.96 bits per heavy atom. The topological polar surface area (TPSA) is 97.3 Å². The van der Waals surface area contributed by atoms with Crippen LogP contribution in [0.15, 0.2) is 18.3 Å². The van der Waals surface area contributed by atoms with Crippen LogP contribution in [0.25, 0.3) is 5.69 Å². The van der Waals surface area contributed by atoms with Gasteiger partial charge < -0.3 is 10.8 Å². The summed E-state index contributed by atoms with van der Waals surface area (Å²) < 4.78 is 1.77. The SMILES string of the molecule is CCN(C)C(O)C#Cc1cc(-n2nc(C(N)=O)c3c2CCCC3)ccn1. The molecular formula is C19H23N5O2. The Labute approximate surface area is 152 Å². The summed E-state index contributed by atoms with van der Waals surface area (Å²) >= 11 is 0. The first-order valence-electron chi connectivity index (χ1n) is 8.78. The van der Waals surface area contributed by atoms with Gasteiger partial charge in [-0.05, 0) is 63.2 Å². The van der Waals surface area contributed by atoms with E-state index >= 15 is 0 Å². The highest BCUT2D eigenvalue weighted by Crippen LogP contribution is 2.26. The van der Waals surface area contributed by atoms with E-state index in [1.54, 1.807) is 28.9 Å². The van der Waals surface area contributed by atoms with Crippen LogP contribution in [0.1, 0.15) is 47.2 Å². The predicted molar refractivity (Wildman–Crippen MR) is 97.7 cm³/mol. The van der Waals surface area contributed by atoms with Gasteiger partial charge in [-0.2, -0.15) is 5.10 Å². The van der Waals surface area contributed by atoms with Crippen molar-refractivity contribution in [3.8, 4) is 17.5 Å². The molecule has 3 N–H and O–H groups in total. The minimum absolute atomic E-state index is 0.351. The number of hydrogen-bond donors (Lipinski definition) is 2. The molecule has 26 heavy (non-hydrogen) atoms. The third-order valence-electron chi connectivity index (χ3n) is 4.65. The van der Waals surface area contributed by atoms with E-state index in [4.69, 9.17) is 5.73 Å². The molecule has 0 saturated carbocycles. The fourth-order valence-corrected chi connectivity index (χ4v) is 3.05. The van der Waals surface area contributed by atoms with Gasteiger partial charge in [-0.15, -0.1) is 0 Å². The number of amides is 1. The molecule has 0 bridgehead atoms. The standard InChI is InChI=1S/C19H23N5O2/c1-3-23(2)17(25)9-8-13-12-14(10-11-21-13)24-16-7-5-4-6-15(16)18(22-24)19(20)26/h10-12,17,25H,3-7H2,1-2H3,(H2,20,26).